The SMILES string of the molecule is Cc1ccccc1N=C1ON(C)[C@@H](c2ccccc2)N1c1ccccc1. The Hall–Kier alpha value is -3.11. The number of para-hydroxylation sites is 2. The summed E-state index contributed by atoms with van der Waals surface area (Å²) >= 11 is 0. The second-order valence-corrected chi connectivity index (χ2v) is 6.31. The van der Waals surface area contributed by atoms with Crippen molar-refractivity contribution in [3.05, 3.63) is 96.1 Å². The minimum atomic E-state index is -0.0821. The average molecular weight is 343 g/mol. The molecule has 0 aromatic heterocycles. The maximum absolute atomic E-state index is 6.06. The van der Waals surface area contributed by atoms with Gasteiger partial charge in [-0.1, -0.05) is 66.7 Å². The fraction of sp³-hybridized carbons (Fsp3) is 0.136. The van der Waals surface area contributed by atoms with Gasteiger partial charge in [-0.3, -0.25) is 4.90 Å². The van der Waals surface area contributed by atoms with Gasteiger partial charge in [0.1, 0.15) is 0 Å². The summed E-state index contributed by atoms with van der Waals surface area (Å²) in [5.74, 6) is 0. The molecule has 0 amide bonds. The molecule has 4 heteroatoms. The summed E-state index contributed by atoms with van der Waals surface area (Å²) in [5.41, 5.74) is 4.21. The number of aliphatic imine (C=N–C) groups is 1. The lowest BCUT2D eigenvalue weighted by atomic mass is 10.1. The van der Waals surface area contributed by atoms with Crippen LogP contribution in [0.3, 0.4) is 0 Å². The summed E-state index contributed by atoms with van der Waals surface area (Å²) in [7, 11) is 1.94. The van der Waals surface area contributed by atoms with Crippen molar-refractivity contribution in [1.82, 2.24) is 5.06 Å². The molecule has 0 bridgehead atoms. The Bertz CT molecular complexity index is 909. The van der Waals surface area contributed by atoms with Gasteiger partial charge in [-0.25, -0.2) is 0 Å². The van der Waals surface area contributed by atoms with Gasteiger partial charge in [0.05, 0.1) is 5.69 Å². The van der Waals surface area contributed by atoms with E-state index in [0.717, 1.165) is 22.5 Å². The van der Waals surface area contributed by atoms with Gasteiger partial charge < -0.3 is 4.84 Å². The third kappa shape index (κ3) is 3.07. The maximum atomic E-state index is 6.06. The number of hydrogen-bond acceptors (Lipinski definition) is 3. The van der Waals surface area contributed by atoms with Gasteiger partial charge in [-0.2, -0.15) is 4.99 Å². The molecule has 4 nitrogen and oxygen atoms in total. The van der Waals surface area contributed by atoms with Crippen LogP contribution in [0.15, 0.2) is 89.9 Å². The zero-order valence-electron chi connectivity index (χ0n) is 14.9. The van der Waals surface area contributed by atoms with Crippen LogP contribution >= 0.6 is 0 Å². The van der Waals surface area contributed by atoms with Gasteiger partial charge in [-0.05, 0) is 36.2 Å². The van der Waals surface area contributed by atoms with Gasteiger partial charge in [-0.15, -0.1) is 5.06 Å². The molecule has 1 atom stereocenters. The van der Waals surface area contributed by atoms with E-state index in [2.05, 4.69) is 42.2 Å². The third-order valence-corrected chi connectivity index (χ3v) is 4.48. The smallest absolute Gasteiger partial charge is 0.319 e. The van der Waals surface area contributed by atoms with Gasteiger partial charge >= 0.3 is 6.02 Å². The van der Waals surface area contributed by atoms with E-state index in [4.69, 9.17) is 9.83 Å². The van der Waals surface area contributed by atoms with E-state index >= 15 is 0 Å². The molecule has 26 heavy (non-hydrogen) atoms. The molecule has 4 rings (SSSR count). The highest BCUT2D eigenvalue weighted by atomic mass is 16.7. The predicted octanol–water partition coefficient (Wildman–Crippen LogP) is 5.06. The summed E-state index contributed by atoms with van der Waals surface area (Å²) in [5, 5.41) is 1.85. The first-order chi connectivity index (χ1) is 12.7. The van der Waals surface area contributed by atoms with Crippen molar-refractivity contribution in [1.29, 1.82) is 0 Å². The van der Waals surface area contributed by atoms with Crippen LogP contribution in [0.2, 0.25) is 0 Å². The lowest BCUT2D eigenvalue weighted by Gasteiger charge is -2.25. The molecule has 1 aliphatic rings. The third-order valence-electron chi connectivity index (χ3n) is 4.48. The second kappa shape index (κ2) is 7.02. The Kier molecular flexibility index (Phi) is 4.42. The molecule has 0 N–H and O–H groups in total. The molecule has 0 aliphatic carbocycles. The molecule has 0 radical (unpaired) electrons. The number of nitrogens with zero attached hydrogens (tertiary/aromatic N) is 3. The van der Waals surface area contributed by atoms with E-state index < -0.39 is 0 Å². The van der Waals surface area contributed by atoms with Crippen LogP contribution in [0.4, 0.5) is 11.4 Å². The molecule has 1 saturated heterocycles. The quantitative estimate of drug-likeness (QED) is 0.665. The van der Waals surface area contributed by atoms with Crippen molar-refractivity contribution in [3.63, 3.8) is 0 Å². The Balaban J connectivity index is 1.83. The van der Waals surface area contributed by atoms with Crippen LogP contribution in [-0.2, 0) is 4.84 Å². The van der Waals surface area contributed by atoms with Crippen LogP contribution in [0.5, 0.6) is 0 Å². The van der Waals surface area contributed by atoms with E-state index in [1.165, 1.54) is 0 Å². The summed E-state index contributed by atoms with van der Waals surface area (Å²) < 4.78 is 0. The molecular weight excluding hydrogens is 322 g/mol. The molecule has 0 saturated carbocycles. The number of hydroxylamine groups is 2. The number of amidine groups is 1. The van der Waals surface area contributed by atoms with Crippen LogP contribution in [-0.4, -0.2) is 18.1 Å². The Morgan fingerprint density at radius 2 is 1.42 bits per heavy atom. The van der Waals surface area contributed by atoms with Crippen molar-refractivity contribution < 1.29 is 4.84 Å². The molecule has 130 valence electrons. The van der Waals surface area contributed by atoms with Crippen LogP contribution in [0, 0.1) is 6.92 Å². The highest BCUT2D eigenvalue weighted by Gasteiger charge is 2.38. The Morgan fingerprint density at radius 3 is 2.12 bits per heavy atom. The van der Waals surface area contributed by atoms with Gasteiger partial charge in [0, 0.05) is 12.7 Å². The van der Waals surface area contributed by atoms with Crippen molar-refractivity contribution in [2.24, 2.45) is 4.99 Å². The predicted molar refractivity (Wildman–Crippen MR) is 105 cm³/mol. The van der Waals surface area contributed by atoms with Crippen molar-refractivity contribution >= 4 is 17.4 Å². The maximum Gasteiger partial charge on any atom is 0.319 e. The van der Waals surface area contributed by atoms with Crippen LogP contribution < -0.4 is 4.90 Å². The van der Waals surface area contributed by atoms with Crippen LogP contribution in [0.1, 0.15) is 17.3 Å². The van der Waals surface area contributed by atoms with Crippen molar-refractivity contribution in [2.75, 3.05) is 11.9 Å². The van der Waals surface area contributed by atoms with E-state index in [-0.39, 0.29) is 6.17 Å². The first kappa shape index (κ1) is 16.4. The largest absolute Gasteiger partial charge is 0.365 e. The first-order valence-corrected chi connectivity index (χ1v) is 8.68. The number of aryl methyl sites for hydroxylation is 1. The van der Waals surface area contributed by atoms with Crippen LogP contribution in [0.25, 0.3) is 0 Å². The normalized spacial score (nSPS) is 18.9. The number of anilines is 1. The van der Waals surface area contributed by atoms with E-state index in [1.54, 1.807) is 0 Å². The van der Waals surface area contributed by atoms with Crippen molar-refractivity contribution in [3.8, 4) is 0 Å². The molecule has 3 aromatic rings. The molecular formula is C22H21N3O. The first-order valence-electron chi connectivity index (χ1n) is 8.68. The fourth-order valence-electron chi connectivity index (χ4n) is 3.18. The minimum Gasteiger partial charge on any atom is -0.365 e. The molecule has 0 unspecified atom stereocenters. The number of benzene rings is 3. The fourth-order valence-corrected chi connectivity index (χ4v) is 3.18. The lowest BCUT2D eigenvalue weighted by Crippen LogP contribution is -2.30. The lowest BCUT2D eigenvalue weighted by molar-refractivity contribution is -0.0493. The van der Waals surface area contributed by atoms with Gasteiger partial charge in [0.2, 0.25) is 0 Å². The minimum absolute atomic E-state index is 0.0821. The highest BCUT2D eigenvalue weighted by molar-refractivity contribution is 5.95. The molecule has 1 fully saturated rings. The summed E-state index contributed by atoms with van der Waals surface area (Å²) in [6.07, 6.45) is -0.0821. The average Bonchev–Trinajstić information content (AvgIpc) is 3.01. The van der Waals surface area contributed by atoms with E-state index in [0.29, 0.717) is 6.02 Å². The zero-order valence-corrected chi connectivity index (χ0v) is 14.9. The molecule has 1 heterocycles. The monoisotopic (exact) mass is 343 g/mol. The topological polar surface area (TPSA) is 28.1 Å². The molecule has 3 aromatic carbocycles. The van der Waals surface area contributed by atoms with E-state index in [1.807, 2.05) is 66.7 Å². The zero-order chi connectivity index (χ0) is 17.9. The molecule has 1 aliphatic heterocycles. The summed E-state index contributed by atoms with van der Waals surface area (Å²) in [6, 6.07) is 29.2. The summed E-state index contributed by atoms with van der Waals surface area (Å²) in [6.45, 7) is 2.06. The Labute approximate surface area is 153 Å². The van der Waals surface area contributed by atoms with E-state index in [9.17, 15) is 0 Å². The number of rotatable bonds is 3. The number of hydrogen-bond donors (Lipinski definition) is 0. The van der Waals surface area contributed by atoms with Gasteiger partial charge in [0.25, 0.3) is 0 Å². The van der Waals surface area contributed by atoms with Gasteiger partial charge in [0.15, 0.2) is 6.17 Å². The standard InChI is InChI=1S/C22H21N3O/c1-17-11-9-10-16-20(17)23-22-25(19-14-7-4-8-15-19)21(24(2)26-22)18-12-5-3-6-13-18/h3-16,21H,1-2H3/t21-/m1/s1. The molecule has 0 spiro atoms. The summed E-state index contributed by atoms with van der Waals surface area (Å²) in [4.78, 5) is 13.0. The second-order valence-electron chi connectivity index (χ2n) is 6.31. The highest BCUT2D eigenvalue weighted by Crippen LogP contribution is 2.36. The Morgan fingerprint density at radius 1 is 0.808 bits per heavy atom. The van der Waals surface area contributed by atoms with Crippen molar-refractivity contribution in [2.45, 2.75) is 13.1 Å².